The molecule has 2 fully saturated rings. The fourth-order valence-electron chi connectivity index (χ4n) is 4.15. The van der Waals surface area contributed by atoms with Gasteiger partial charge in [-0.3, -0.25) is 0 Å². The molecule has 1 N–H and O–H groups in total. The van der Waals surface area contributed by atoms with Crippen molar-refractivity contribution in [2.45, 2.75) is 56.9 Å². The second-order valence-corrected chi connectivity index (χ2v) is 8.27. The maximum atomic E-state index is 11.8. The molecule has 0 saturated carbocycles. The highest BCUT2D eigenvalue weighted by atomic mass is 16.8. The Balaban J connectivity index is 1.34. The monoisotopic (exact) mass is 423 g/mol. The highest BCUT2D eigenvalue weighted by Gasteiger charge is 2.63. The molecule has 0 aliphatic carbocycles. The second-order valence-electron chi connectivity index (χ2n) is 8.27. The van der Waals surface area contributed by atoms with Crippen LogP contribution in [0, 0.1) is 0 Å². The number of hydrogen-bond donors (Lipinski definition) is 1. The predicted molar refractivity (Wildman–Crippen MR) is 110 cm³/mol. The molecular weight excluding hydrogens is 398 g/mol. The van der Waals surface area contributed by atoms with Crippen LogP contribution in [0.15, 0.2) is 66.9 Å². The largest absolute Gasteiger partial charge is 0.487 e. The van der Waals surface area contributed by atoms with E-state index in [1.54, 1.807) is 10.9 Å². The summed E-state index contributed by atoms with van der Waals surface area (Å²) in [4.78, 5) is 0. The molecule has 0 unspecified atom stereocenters. The number of benzene rings is 2. The van der Waals surface area contributed by atoms with Crippen molar-refractivity contribution in [3.05, 3.63) is 78.1 Å². The van der Waals surface area contributed by atoms with Gasteiger partial charge >= 0.3 is 0 Å². The van der Waals surface area contributed by atoms with Gasteiger partial charge in [-0.1, -0.05) is 53.7 Å². The van der Waals surface area contributed by atoms with E-state index in [9.17, 15) is 5.11 Å². The molecule has 2 aliphatic heterocycles. The SMILES string of the molecule is CC1(C)O[C@@H]2O[C@H](Cn3cc(COc4ccccc4)nn3)[C@](O)(c3ccccc3)[C@H]2O1. The van der Waals surface area contributed by atoms with E-state index in [2.05, 4.69) is 10.3 Å². The molecule has 8 nitrogen and oxygen atoms in total. The topological polar surface area (TPSA) is 87.9 Å². The highest BCUT2D eigenvalue weighted by Crippen LogP contribution is 2.48. The Kier molecular flexibility index (Phi) is 5.02. The Morgan fingerprint density at radius 3 is 2.48 bits per heavy atom. The number of para-hydroxylation sites is 1. The van der Waals surface area contributed by atoms with E-state index in [0.29, 0.717) is 17.9 Å². The molecule has 31 heavy (non-hydrogen) atoms. The van der Waals surface area contributed by atoms with Gasteiger partial charge in [0.1, 0.15) is 35.9 Å². The Bertz CT molecular complexity index is 1030. The second kappa shape index (κ2) is 7.72. The molecule has 3 heterocycles. The lowest BCUT2D eigenvalue weighted by Gasteiger charge is -2.34. The van der Waals surface area contributed by atoms with Gasteiger partial charge < -0.3 is 24.1 Å². The number of rotatable bonds is 6. The van der Waals surface area contributed by atoms with Crippen LogP contribution < -0.4 is 4.74 Å². The van der Waals surface area contributed by atoms with Crippen molar-refractivity contribution in [3.8, 4) is 5.75 Å². The van der Waals surface area contributed by atoms with Crippen LogP contribution in [0.1, 0.15) is 25.1 Å². The van der Waals surface area contributed by atoms with Crippen molar-refractivity contribution in [3.63, 3.8) is 0 Å². The molecule has 2 aliphatic rings. The maximum Gasteiger partial charge on any atom is 0.191 e. The normalized spacial score (nSPS) is 29.1. The maximum absolute atomic E-state index is 11.8. The van der Waals surface area contributed by atoms with E-state index in [1.165, 1.54) is 0 Å². The van der Waals surface area contributed by atoms with E-state index < -0.39 is 29.9 Å². The van der Waals surface area contributed by atoms with Gasteiger partial charge in [0.2, 0.25) is 0 Å². The van der Waals surface area contributed by atoms with E-state index >= 15 is 0 Å². The van der Waals surface area contributed by atoms with Crippen LogP contribution >= 0.6 is 0 Å². The first-order valence-electron chi connectivity index (χ1n) is 10.3. The van der Waals surface area contributed by atoms with Crippen LogP contribution in [-0.2, 0) is 33.0 Å². The zero-order valence-corrected chi connectivity index (χ0v) is 17.4. The molecule has 0 spiro atoms. The Morgan fingerprint density at radius 2 is 1.74 bits per heavy atom. The highest BCUT2D eigenvalue weighted by molar-refractivity contribution is 5.28. The average Bonchev–Trinajstić information content (AvgIpc) is 3.42. The molecule has 1 aromatic heterocycles. The fourth-order valence-corrected chi connectivity index (χ4v) is 4.15. The number of fused-ring (bicyclic) bond motifs is 1. The molecule has 5 rings (SSSR count). The van der Waals surface area contributed by atoms with Crippen LogP contribution in [0.4, 0.5) is 0 Å². The van der Waals surface area contributed by atoms with Gasteiger partial charge in [0.15, 0.2) is 12.1 Å². The van der Waals surface area contributed by atoms with Crippen molar-refractivity contribution in [2.24, 2.45) is 0 Å². The first kappa shape index (κ1) is 20.1. The molecular formula is C23H25N3O5. The third kappa shape index (κ3) is 3.83. The van der Waals surface area contributed by atoms with Crippen molar-refractivity contribution < 1.29 is 24.1 Å². The van der Waals surface area contributed by atoms with Crippen molar-refractivity contribution in [1.82, 2.24) is 15.0 Å². The van der Waals surface area contributed by atoms with Crippen LogP contribution in [0.25, 0.3) is 0 Å². The predicted octanol–water partition coefficient (Wildman–Crippen LogP) is 2.62. The number of aliphatic hydroxyl groups is 1. The number of ether oxygens (including phenoxy) is 4. The lowest BCUT2D eigenvalue weighted by atomic mass is 9.84. The molecule has 2 aromatic carbocycles. The fraction of sp³-hybridized carbons (Fsp3) is 0.391. The zero-order chi connectivity index (χ0) is 21.5. The number of nitrogens with zero attached hydrogens (tertiary/aromatic N) is 3. The standard InChI is InChI=1S/C23H25N3O5/c1-22(2)30-20-21(31-22)29-19(23(20,27)16-9-5-3-6-10-16)14-26-13-17(24-25-26)15-28-18-11-7-4-8-12-18/h3-13,19-21,27H,14-15H2,1-2H3/t19-,20+,21+,23-/m1/s1. The molecule has 8 heteroatoms. The molecule has 162 valence electrons. The minimum absolute atomic E-state index is 0.282. The Labute approximate surface area is 180 Å². The number of aromatic nitrogens is 3. The summed E-state index contributed by atoms with van der Waals surface area (Å²) in [6, 6.07) is 18.9. The smallest absolute Gasteiger partial charge is 0.191 e. The Hall–Kier alpha value is -2.78. The minimum atomic E-state index is -1.40. The van der Waals surface area contributed by atoms with Gasteiger partial charge in [0.25, 0.3) is 0 Å². The summed E-state index contributed by atoms with van der Waals surface area (Å²) in [6.07, 6.45) is -0.170. The van der Waals surface area contributed by atoms with Crippen LogP contribution in [0.2, 0.25) is 0 Å². The molecule has 4 atom stereocenters. The molecule has 0 bridgehead atoms. The minimum Gasteiger partial charge on any atom is -0.487 e. The van der Waals surface area contributed by atoms with Gasteiger partial charge in [-0.25, -0.2) is 4.68 Å². The summed E-state index contributed by atoms with van der Waals surface area (Å²) < 4.78 is 25.4. The quantitative estimate of drug-likeness (QED) is 0.652. The summed E-state index contributed by atoms with van der Waals surface area (Å²) in [7, 11) is 0. The molecule has 3 aromatic rings. The lowest BCUT2D eigenvalue weighted by Crippen LogP contribution is -2.47. The summed E-state index contributed by atoms with van der Waals surface area (Å²) in [6.45, 7) is 4.20. The van der Waals surface area contributed by atoms with Gasteiger partial charge in [-0.05, 0) is 31.5 Å². The average molecular weight is 423 g/mol. The van der Waals surface area contributed by atoms with Crippen LogP contribution in [-0.4, -0.2) is 44.4 Å². The van der Waals surface area contributed by atoms with Crippen molar-refractivity contribution >= 4 is 0 Å². The summed E-state index contributed by atoms with van der Waals surface area (Å²) >= 11 is 0. The zero-order valence-electron chi connectivity index (χ0n) is 17.4. The summed E-state index contributed by atoms with van der Waals surface area (Å²) in [5, 5.41) is 20.2. The molecule has 0 amide bonds. The van der Waals surface area contributed by atoms with Crippen molar-refractivity contribution in [2.75, 3.05) is 0 Å². The third-order valence-electron chi connectivity index (χ3n) is 5.59. The summed E-state index contributed by atoms with van der Waals surface area (Å²) in [5.74, 6) is -0.0718. The number of hydrogen-bond acceptors (Lipinski definition) is 7. The van der Waals surface area contributed by atoms with Gasteiger partial charge in [-0.15, -0.1) is 5.10 Å². The van der Waals surface area contributed by atoms with Crippen LogP contribution in [0.5, 0.6) is 5.75 Å². The van der Waals surface area contributed by atoms with Gasteiger partial charge in [0, 0.05) is 0 Å². The van der Waals surface area contributed by atoms with E-state index in [-0.39, 0.29) is 6.54 Å². The first-order valence-corrected chi connectivity index (χ1v) is 10.3. The first-order chi connectivity index (χ1) is 14.9. The van der Waals surface area contributed by atoms with Crippen LogP contribution in [0.3, 0.4) is 0 Å². The third-order valence-corrected chi connectivity index (χ3v) is 5.59. The van der Waals surface area contributed by atoms with E-state index in [0.717, 1.165) is 5.75 Å². The summed E-state index contributed by atoms with van der Waals surface area (Å²) in [5.41, 5.74) is -0.00715. The molecule has 2 saturated heterocycles. The lowest BCUT2D eigenvalue weighted by molar-refractivity contribution is -0.233. The molecule has 0 radical (unpaired) electrons. The Morgan fingerprint density at radius 1 is 1.03 bits per heavy atom. The van der Waals surface area contributed by atoms with Gasteiger partial charge in [0.05, 0.1) is 12.7 Å². The van der Waals surface area contributed by atoms with Crippen molar-refractivity contribution in [1.29, 1.82) is 0 Å². The van der Waals surface area contributed by atoms with E-state index in [4.69, 9.17) is 18.9 Å². The van der Waals surface area contributed by atoms with Gasteiger partial charge in [-0.2, -0.15) is 0 Å². The van der Waals surface area contributed by atoms with E-state index in [1.807, 2.05) is 74.5 Å².